The highest BCUT2D eigenvalue weighted by Crippen LogP contribution is 2.52. The van der Waals surface area contributed by atoms with Gasteiger partial charge in [-0.25, -0.2) is 0 Å². The van der Waals surface area contributed by atoms with Crippen LogP contribution < -0.4 is 4.90 Å². The lowest BCUT2D eigenvalue weighted by molar-refractivity contribution is 0.660. The van der Waals surface area contributed by atoms with Gasteiger partial charge in [-0.3, -0.25) is 0 Å². The van der Waals surface area contributed by atoms with Crippen LogP contribution in [0.1, 0.15) is 25.0 Å². The number of aromatic nitrogens is 1. The van der Waals surface area contributed by atoms with Crippen LogP contribution in [0.15, 0.2) is 211 Å². The maximum absolute atomic E-state index is 6.80. The van der Waals surface area contributed by atoms with E-state index in [0.29, 0.717) is 0 Å². The quantitative estimate of drug-likeness (QED) is 0.162. The molecule has 3 nitrogen and oxygen atoms in total. The molecule has 0 bridgehead atoms. The van der Waals surface area contributed by atoms with E-state index < -0.39 is 0 Å². The van der Waals surface area contributed by atoms with Crippen LogP contribution in [-0.4, -0.2) is 4.57 Å². The molecule has 0 fully saturated rings. The third-order valence-corrected chi connectivity index (χ3v) is 13.5. The van der Waals surface area contributed by atoms with Gasteiger partial charge in [0.05, 0.1) is 16.7 Å². The summed E-state index contributed by atoms with van der Waals surface area (Å²) in [6.07, 6.45) is 0. The smallest absolute Gasteiger partial charge is 0.138 e. The SMILES string of the molecule is CC1(C)c2ccccc2-c2ccc(N(c3ccccc3)c3ccc4c(c3)c3c(-c5ccccc5)c5c(cc3n4-c3cc4ccccc4c4ccccc34)oc3ccccc35)cc21. The van der Waals surface area contributed by atoms with Gasteiger partial charge in [-0.1, -0.05) is 159 Å². The molecule has 292 valence electrons. The molecule has 13 rings (SSSR count). The molecule has 3 heteroatoms. The van der Waals surface area contributed by atoms with E-state index >= 15 is 0 Å². The summed E-state index contributed by atoms with van der Waals surface area (Å²) in [7, 11) is 0. The minimum Gasteiger partial charge on any atom is -0.456 e. The van der Waals surface area contributed by atoms with E-state index in [-0.39, 0.29) is 5.41 Å². The summed E-state index contributed by atoms with van der Waals surface area (Å²) in [4.78, 5) is 2.43. The number of benzene rings is 10. The third kappa shape index (κ3) is 4.94. The second kappa shape index (κ2) is 13.1. The Bertz CT molecular complexity index is 3780. The van der Waals surface area contributed by atoms with Gasteiger partial charge in [0.15, 0.2) is 0 Å². The number of hydrogen-bond acceptors (Lipinski definition) is 2. The summed E-state index contributed by atoms with van der Waals surface area (Å²) in [5.74, 6) is 0. The number of nitrogens with zero attached hydrogens (tertiary/aromatic N) is 2. The molecule has 2 heterocycles. The molecule has 0 atom stereocenters. The first-order valence-electron chi connectivity index (χ1n) is 21.5. The van der Waals surface area contributed by atoms with E-state index in [1.807, 2.05) is 0 Å². The minimum absolute atomic E-state index is 0.131. The Morgan fingerprint density at radius 2 is 1.06 bits per heavy atom. The van der Waals surface area contributed by atoms with Crippen molar-refractivity contribution in [3.63, 3.8) is 0 Å². The van der Waals surface area contributed by atoms with Crippen LogP contribution in [0, 0.1) is 0 Å². The predicted octanol–water partition coefficient (Wildman–Crippen LogP) is 16.4. The number of anilines is 3. The Morgan fingerprint density at radius 3 is 1.90 bits per heavy atom. The lowest BCUT2D eigenvalue weighted by Gasteiger charge is -2.28. The van der Waals surface area contributed by atoms with Crippen molar-refractivity contribution in [1.82, 2.24) is 4.57 Å². The van der Waals surface area contributed by atoms with Gasteiger partial charge < -0.3 is 13.9 Å². The maximum Gasteiger partial charge on any atom is 0.138 e. The zero-order chi connectivity index (χ0) is 41.1. The van der Waals surface area contributed by atoms with Crippen molar-refractivity contribution in [2.24, 2.45) is 0 Å². The Morgan fingerprint density at radius 1 is 0.419 bits per heavy atom. The number of furan rings is 1. The number of rotatable bonds is 5. The monoisotopic (exact) mass is 792 g/mol. The molecule has 0 saturated carbocycles. The van der Waals surface area contributed by atoms with Crippen LogP contribution in [-0.2, 0) is 5.41 Å². The van der Waals surface area contributed by atoms with Crippen LogP contribution in [0.5, 0.6) is 0 Å². The summed E-state index contributed by atoms with van der Waals surface area (Å²) in [5.41, 5.74) is 16.0. The predicted molar refractivity (Wildman–Crippen MR) is 261 cm³/mol. The molecule has 12 aromatic rings. The average Bonchev–Trinajstić information content (AvgIpc) is 3.93. The summed E-state index contributed by atoms with van der Waals surface area (Å²) >= 11 is 0. The zero-order valence-corrected chi connectivity index (χ0v) is 34.4. The van der Waals surface area contributed by atoms with Gasteiger partial charge in [0.25, 0.3) is 0 Å². The van der Waals surface area contributed by atoms with Gasteiger partial charge >= 0.3 is 0 Å². The molecule has 0 N–H and O–H groups in total. The number of hydrogen-bond donors (Lipinski definition) is 0. The average molecular weight is 793 g/mol. The van der Waals surface area contributed by atoms with Crippen molar-refractivity contribution >= 4 is 82.4 Å². The lowest BCUT2D eigenvalue weighted by atomic mass is 9.82. The summed E-state index contributed by atoms with van der Waals surface area (Å²) in [6.45, 7) is 4.72. The maximum atomic E-state index is 6.80. The van der Waals surface area contributed by atoms with Gasteiger partial charge in [0, 0.05) is 61.0 Å². The fourth-order valence-electron chi connectivity index (χ4n) is 10.7. The highest BCUT2D eigenvalue weighted by Gasteiger charge is 2.36. The molecule has 0 spiro atoms. The van der Waals surface area contributed by atoms with Gasteiger partial charge in [0.2, 0.25) is 0 Å². The van der Waals surface area contributed by atoms with E-state index in [0.717, 1.165) is 61.3 Å². The number of fused-ring (bicyclic) bond motifs is 12. The molecule has 10 aromatic carbocycles. The summed E-state index contributed by atoms with van der Waals surface area (Å²) in [5, 5.41) is 9.51. The molecule has 0 aliphatic heterocycles. The van der Waals surface area contributed by atoms with Gasteiger partial charge in [-0.05, 0) is 98.6 Å². The fourth-order valence-corrected chi connectivity index (χ4v) is 10.7. The molecule has 0 unspecified atom stereocenters. The molecular weight excluding hydrogens is 753 g/mol. The van der Waals surface area contributed by atoms with Crippen LogP contribution in [0.2, 0.25) is 0 Å². The molecule has 2 aromatic heterocycles. The molecule has 0 amide bonds. The van der Waals surface area contributed by atoms with E-state index in [1.54, 1.807) is 0 Å². The van der Waals surface area contributed by atoms with Crippen molar-refractivity contribution in [3.8, 4) is 27.9 Å². The largest absolute Gasteiger partial charge is 0.456 e. The van der Waals surface area contributed by atoms with Crippen LogP contribution >= 0.6 is 0 Å². The van der Waals surface area contributed by atoms with Gasteiger partial charge in [-0.2, -0.15) is 0 Å². The number of para-hydroxylation sites is 2. The second-order valence-electron chi connectivity index (χ2n) is 17.3. The first-order chi connectivity index (χ1) is 30.5. The van der Waals surface area contributed by atoms with Crippen molar-refractivity contribution in [2.45, 2.75) is 19.3 Å². The van der Waals surface area contributed by atoms with E-state index in [9.17, 15) is 0 Å². The van der Waals surface area contributed by atoms with Crippen molar-refractivity contribution < 1.29 is 4.42 Å². The normalized spacial score (nSPS) is 13.1. The molecular formula is C59H40N2O. The van der Waals surface area contributed by atoms with Crippen LogP contribution in [0.25, 0.3) is 93.2 Å². The molecule has 0 radical (unpaired) electrons. The Balaban J connectivity index is 1.16. The van der Waals surface area contributed by atoms with E-state index in [2.05, 4.69) is 230 Å². The third-order valence-electron chi connectivity index (χ3n) is 13.5. The van der Waals surface area contributed by atoms with Crippen molar-refractivity contribution in [2.75, 3.05) is 4.90 Å². The first-order valence-corrected chi connectivity index (χ1v) is 21.5. The minimum atomic E-state index is -0.131. The van der Waals surface area contributed by atoms with Gasteiger partial charge in [0.1, 0.15) is 11.2 Å². The fraction of sp³-hybridized carbons (Fsp3) is 0.0508. The van der Waals surface area contributed by atoms with E-state index in [1.165, 1.54) is 60.1 Å². The summed E-state index contributed by atoms with van der Waals surface area (Å²) in [6, 6.07) is 75.4. The highest BCUT2D eigenvalue weighted by atomic mass is 16.3. The summed E-state index contributed by atoms with van der Waals surface area (Å²) < 4.78 is 9.29. The van der Waals surface area contributed by atoms with Crippen LogP contribution in [0.3, 0.4) is 0 Å². The lowest BCUT2D eigenvalue weighted by Crippen LogP contribution is -2.16. The Hall–Kier alpha value is -7.88. The van der Waals surface area contributed by atoms with Gasteiger partial charge in [-0.15, -0.1) is 0 Å². The Labute approximate surface area is 359 Å². The Kier molecular flexibility index (Phi) is 7.36. The zero-order valence-electron chi connectivity index (χ0n) is 34.4. The molecule has 1 aliphatic rings. The molecule has 0 saturated heterocycles. The van der Waals surface area contributed by atoms with Crippen molar-refractivity contribution in [3.05, 3.63) is 217 Å². The second-order valence-corrected chi connectivity index (χ2v) is 17.3. The van der Waals surface area contributed by atoms with Crippen molar-refractivity contribution in [1.29, 1.82) is 0 Å². The standard InChI is InChI=1S/C59H40N2O/c1-59(2)49-27-15-13-24-44(49)45-31-29-41(35-50(45)59)60(39-20-7-4-8-21-39)40-30-32-51-48(34-40)57-53(61(51)52-33-38-19-9-10-22-42(38)43-23-11-12-25-46(43)52)36-55-58(47-26-14-16-28-54(47)62-55)56(57)37-17-5-3-6-18-37/h3-36H,1-2H3. The van der Waals surface area contributed by atoms with Crippen LogP contribution in [0.4, 0.5) is 17.1 Å². The molecule has 1 aliphatic carbocycles. The van der Waals surface area contributed by atoms with E-state index in [4.69, 9.17) is 4.42 Å². The molecule has 62 heavy (non-hydrogen) atoms. The first kappa shape index (κ1) is 34.9. The highest BCUT2D eigenvalue weighted by molar-refractivity contribution is 6.28. The topological polar surface area (TPSA) is 21.3 Å².